The third-order valence-electron chi connectivity index (χ3n) is 2.38. The van der Waals surface area contributed by atoms with Crippen LogP contribution < -0.4 is 5.56 Å². The van der Waals surface area contributed by atoms with Gasteiger partial charge < -0.3 is 5.11 Å². The third kappa shape index (κ3) is 3.83. The first-order chi connectivity index (χ1) is 7.13. The second-order valence-corrected chi connectivity index (χ2v) is 3.80. The Labute approximate surface area is 89.6 Å². The molecule has 0 bridgehead atoms. The second kappa shape index (κ2) is 5.66. The fourth-order valence-electron chi connectivity index (χ4n) is 1.37. The standard InChI is InChI=1S/C11H18N2O2/c1-3-10(14)5-4-6-13-11(15)7-9(2)8-12-13/h7-8,10,14H,3-6H2,1-2H3. The molecule has 0 saturated carbocycles. The lowest BCUT2D eigenvalue weighted by Gasteiger charge is -2.07. The highest BCUT2D eigenvalue weighted by atomic mass is 16.3. The summed E-state index contributed by atoms with van der Waals surface area (Å²) in [6, 6.07) is 1.57. The summed E-state index contributed by atoms with van der Waals surface area (Å²) < 4.78 is 1.44. The van der Waals surface area contributed by atoms with Gasteiger partial charge in [-0.25, -0.2) is 4.68 Å². The summed E-state index contributed by atoms with van der Waals surface area (Å²) >= 11 is 0. The molecule has 0 aliphatic heterocycles. The monoisotopic (exact) mass is 210 g/mol. The van der Waals surface area contributed by atoms with Crippen LogP contribution in [-0.4, -0.2) is 21.0 Å². The van der Waals surface area contributed by atoms with Crippen molar-refractivity contribution in [2.45, 2.75) is 45.8 Å². The minimum Gasteiger partial charge on any atom is -0.393 e. The fraction of sp³-hybridized carbons (Fsp3) is 0.636. The van der Waals surface area contributed by atoms with Crippen molar-refractivity contribution in [1.82, 2.24) is 9.78 Å². The zero-order valence-electron chi connectivity index (χ0n) is 9.31. The van der Waals surface area contributed by atoms with Gasteiger partial charge in [0, 0.05) is 12.6 Å². The molecule has 1 heterocycles. The van der Waals surface area contributed by atoms with E-state index < -0.39 is 0 Å². The average molecular weight is 210 g/mol. The van der Waals surface area contributed by atoms with Crippen LogP contribution in [0, 0.1) is 6.92 Å². The molecular formula is C11H18N2O2. The zero-order chi connectivity index (χ0) is 11.3. The van der Waals surface area contributed by atoms with Crippen LogP contribution in [0.25, 0.3) is 0 Å². The first-order valence-corrected chi connectivity index (χ1v) is 5.35. The number of aromatic nitrogens is 2. The lowest BCUT2D eigenvalue weighted by molar-refractivity contribution is 0.155. The van der Waals surface area contributed by atoms with Crippen molar-refractivity contribution in [2.24, 2.45) is 0 Å². The number of aliphatic hydroxyl groups excluding tert-OH is 1. The van der Waals surface area contributed by atoms with Crippen LogP contribution in [0.4, 0.5) is 0 Å². The number of hydrogen-bond donors (Lipinski definition) is 1. The van der Waals surface area contributed by atoms with Crippen molar-refractivity contribution in [2.75, 3.05) is 0 Å². The number of aliphatic hydroxyl groups is 1. The quantitative estimate of drug-likeness (QED) is 0.791. The largest absolute Gasteiger partial charge is 0.393 e. The van der Waals surface area contributed by atoms with Gasteiger partial charge >= 0.3 is 0 Å². The highest BCUT2D eigenvalue weighted by Crippen LogP contribution is 2.01. The molecule has 0 fully saturated rings. The van der Waals surface area contributed by atoms with Gasteiger partial charge in [-0.05, 0) is 31.7 Å². The normalized spacial score (nSPS) is 12.7. The summed E-state index contributed by atoms with van der Waals surface area (Å²) in [5.41, 5.74) is 0.811. The Morgan fingerprint density at radius 1 is 1.60 bits per heavy atom. The van der Waals surface area contributed by atoms with Gasteiger partial charge in [0.25, 0.3) is 5.56 Å². The van der Waals surface area contributed by atoms with Crippen LogP contribution in [0.3, 0.4) is 0 Å². The molecular weight excluding hydrogens is 192 g/mol. The molecule has 0 spiro atoms. The molecule has 1 aromatic heterocycles. The SMILES string of the molecule is CCC(O)CCCn1ncc(C)cc1=O. The third-order valence-corrected chi connectivity index (χ3v) is 2.38. The van der Waals surface area contributed by atoms with Crippen LogP contribution in [0.15, 0.2) is 17.1 Å². The molecule has 1 unspecified atom stereocenters. The van der Waals surface area contributed by atoms with E-state index in [2.05, 4.69) is 5.10 Å². The Hall–Kier alpha value is -1.16. The summed E-state index contributed by atoms with van der Waals surface area (Å²) in [4.78, 5) is 11.4. The minimum absolute atomic E-state index is 0.0685. The van der Waals surface area contributed by atoms with Gasteiger partial charge in [0.05, 0.1) is 12.3 Å². The molecule has 1 rings (SSSR count). The summed E-state index contributed by atoms with van der Waals surface area (Å²) in [5.74, 6) is 0. The van der Waals surface area contributed by atoms with Crippen LogP contribution in [0.5, 0.6) is 0 Å². The summed E-state index contributed by atoms with van der Waals surface area (Å²) in [7, 11) is 0. The van der Waals surface area contributed by atoms with E-state index in [9.17, 15) is 9.90 Å². The highest BCUT2D eigenvalue weighted by molar-refractivity contribution is 5.02. The van der Waals surface area contributed by atoms with Gasteiger partial charge in [-0.3, -0.25) is 4.79 Å². The van der Waals surface area contributed by atoms with E-state index in [1.54, 1.807) is 12.3 Å². The van der Waals surface area contributed by atoms with Crippen LogP contribution in [0.2, 0.25) is 0 Å². The Morgan fingerprint density at radius 3 is 2.93 bits per heavy atom. The number of nitrogens with zero attached hydrogens (tertiary/aromatic N) is 2. The number of rotatable bonds is 5. The molecule has 0 saturated heterocycles. The van der Waals surface area contributed by atoms with Crippen molar-refractivity contribution in [3.05, 3.63) is 28.2 Å². The molecule has 0 aromatic carbocycles. The van der Waals surface area contributed by atoms with Crippen molar-refractivity contribution in [3.63, 3.8) is 0 Å². The molecule has 4 nitrogen and oxygen atoms in total. The Balaban J connectivity index is 2.48. The van der Waals surface area contributed by atoms with Gasteiger partial charge in [0.2, 0.25) is 0 Å². The van der Waals surface area contributed by atoms with Crippen molar-refractivity contribution >= 4 is 0 Å². The molecule has 1 N–H and O–H groups in total. The molecule has 4 heteroatoms. The molecule has 0 aliphatic rings. The fourth-order valence-corrected chi connectivity index (χ4v) is 1.37. The molecule has 1 aromatic rings. The van der Waals surface area contributed by atoms with E-state index in [-0.39, 0.29) is 11.7 Å². The van der Waals surface area contributed by atoms with E-state index in [4.69, 9.17) is 0 Å². The van der Waals surface area contributed by atoms with Gasteiger partial charge in [-0.2, -0.15) is 5.10 Å². The minimum atomic E-state index is -0.258. The van der Waals surface area contributed by atoms with E-state index >= 15 is 0 Å². The van der Waals surface area contributed by atoms with E-state index in [0.29, 0.717) is 6.54 Å². The maximum atomic E-state index is 11.4. The predicted octanol–water partition coefficient (Wildman–Crippen LogP) is 1.10. The number of aryl methyl sites for hydroxylation is 2. The van der Waals surface area contributed by atoms with Gasteiger partial charge in [-0.15, -0.1) is 0 Å². The molecule has 0 amide bonds. The smallest absolute Gasteiger partial charge is 0.266 e. The second-order valence-electron chi connectivity index (χ2n) is 3.80. The Bertz CT molecular complexity index is 360. The molecule has 15 heavy (non-hydrogen) atoms. The Morgan fingerprint density at radius 2 is 2.33 bits per heavy atom. The Kier molecular flexibility index (Phi) is 4.49. The van der Waals surface area contributed by atoms with Crippen molar-refractivity contribution < 1.29 is 5.11 Å². The van der Waals surface area contributed by atoms with E-state index in [1.807, 2.05) is 13.8 Å². The lowest BCUT2D eigenvalue weighted by Crippen LogP contribution is -2.22. The van der Waals surface area contributed by atoms with E-state index in [1.165, 1.54) is 4.68 Å². The average Bonchev–Trinajstić information content (AvgIpc) is 2.21. The number of hydrogen-bond acceptors (Lipinski definition) is 3. The first kappa shape index (κ1) is 11.9. The van der Waals surface area contributed by atoms with Crippen molar-refractivity contribution in [3.8, 4) is 0 Å². The van der Waals surface area contributed by atoms with Crippen molar-refractivity contribution in [1.29, 1.82) is 0 Å². The van der Waals surface area contributed by atoms with Gasteiger partial charge in [0.15, 0.2) is 0 Å². The van der Waals surface area contributed by atoms with Crippen LogP contribution in [-0.2, 0) is 6.54 Å². The maximum Gasteiger partial charge on any atom is 0.266 e. The van der Waals surface area contributed by atoms with Gasteiger partial charge in [-0.1, -0.05) is 6.92 Å². The van der Waals surface area contributed by atoms with Crippen LogP contribution in [0.1, 0.15) is 31.7 Å². The van der Waals surface area contributed by atoms with Gasteiger partial charge in [0.1, 0.15) is 0 Å². The summed E-state index contributed by atoms with van der Waals surface area (Å²) in [5, 5.41) is 13.4. The van der Waals surface area contributed by atoms with E-state index in [0.717, 1.165) is 24.8 Å². The lowest BCUT2D eigenvalue weighted by atomic mass is 10.1. The maximum absolute atomic E-state index is 11.4. The predicted molar refractivity (Wildman–Crippen MR) is 58.8 cm³/mol. The molecule has 0 radical (unpaired) electrons. The van der Waals surface area contributed by atoms with Crippen LogP contribution >= 0.6 is 0 Å². The highest BCUT2D eigenvalue weighted by Gasteiger charge is 2.02. The summed E-state index contributed by atoms with van der Waals surface area (Å²) in [6.07, 6.45) is 3.68. The topological polar surface area (TPSA) is 55.1 Å². The zero-order valence-corrected chi connectivity index (χ0v) is 9.31. The molecule has 1 atom stereocenters. The molecule has 84 valence electrons. The first-order valence-electron chi connectivity index (χ1n) is 5.35. The summed E-state index contributed by atoms with van der Waals surface area (Å²) in [6.45, 7) is 4.37. The molecule has 0 aliphatic carbocycles.